The third-order valence-corrected chi connectivity index (χ3v) is 3.92. The Hall–Kier alpha value is -1.62. The Labute approximate surface area is 110 Å². The summed E-state index contributed by atoms with van der Waals surface area (Å²) in [5.74, 6) is 3.85. The van der Waals surface area contributed by atoms with E-state index < -0.39 is 0 Å². The van der Waals surface area contributed by atoms with Gasteiger partial charge in [-0.2, -0.15) is 11.8 Å². The molecule has 5 heteroatoms. The third-order valence-electron chi connectivity index (χ3n) is 2.95. The van der Waals surface area contributed by atoms with Crippen LogP contribution in [0.4, 0.5) is 5.82 Å². The molecule has 1 N–H and O–H groups in total. The van der Waals surface area contributed by atoms with E-state index in [0.29, 0.717) is 0 Å². The molecule has 4 nitrogen and oxygen atoms in total. The molecule has 92 valence electrons. The van der Waals surface area contributed by atoms with Crippen LogP contribution in [0.5, 0.6) is 0 Å². The monoisotopic (exact) mass is 258 g/mol. The Balaban J connectivity index is 1.94. The molecule has 18 heavy (non-hydrogen) atoms. The van der Waals surface area contributed by atoms with Crippen LogP contribution in [0.25, 0.3) is 0 Å². The third kappa shape index (κ3) is 2.18. The van der Waals surface area contributed by atoms with Gasteiger partial charge in [0, 0.05) is 42.9 Å². The fraction of sp³-hybridized carbons (Fsp3) is 0.308. The molecule has 0 spiro atoms. The number of pyridine rings is 1. The van der Waals surface area contributed by atoms with Crippen molar-refractivity contribution in [2.45, 2.75) is 17.9 Å². The van der Waals surface area contributed by atoms with Gasteiger partial charge in [0.05, 0.1) is 5.69 Å². The maximum Gasteiger partial charge on any atom is 0.135 e. The number of thioether (sulfide) groups is 1. The molecule has 2 aromatic heterocycles. The molecule has 0 aromatic carbocycles. The predicted molar refractivity (Wildman–Crippen MR) is 73.6 cm³/mol. The Kier molecular flexibility index (Phi) is 3.15. The first-order valence-electron chi connectivity index (χ1n) is 5.90. The van der Waals surface area contributed by atoms with E-state index in [9.17, 15) is 0 Å². The lowest BCUT2D eigenvalue weighted by Crippen LogP contribution is -2.06. The van der Waals surface area contributed by atoms with Crippen molar-refractivity contribution >= 4 is 17.6 Å². The van der Waals surface area contributed by atoms with Crippen molar-refractivity contribution in [3.05, 3.63) is 47.2 Å². The minimum absolute atomic E-state index is 0.737. The molecule has 0 unspecified atom stereocenters. The van der Waals surface area contributed by atoms with Crippen LogP contribution in [0.15, 0.2) is 24.5 Å². The number of hydrogen-bond acceptors (Lipinski definition) is 5. The average molecular weight is 258 g/mol. The van der Waals surface area contributed by atoms with Crippen LogP contribution in [0.1, 0.15) is 22.6 Å². The lowest BCUT2D eigenvalue weighted by atomic mass is 10.2. The fourth-order valence-electron chi connectivity index (χ4n) is 2.07. The Bertz CT molecular complexity index is 556. The molecule has 3 heterocycles. The fourth-order valence-corrected chi connectivity index (χ4v) is 3.12. The quantitative estimate of drug-likeness (QED) is 0.915. The first-order chi connectivity index (χ1) is 8.86. The number of anilines is 1. The molecule has 3 rings (SSSR count). The van der Waals surface area contributed by atoms with Crippen LogP contribution in [-0.2, 0) is 17.9 Å². The topological polar surface area (TPSA) is 50.7 Å². The van der Waals surface area contributed by atoms with Crippen LogP contribution in [0.3, 0.4) is 0 Å². The Morgan fingerprint density at radius 3 is 3.06 bits per heavy atom. The van der Waals surface area contributed by atoms with Crippen molar-refractivity contribution in [2.75, 3.05) is 12.4 Å². The lowest BCUT2D eigenvalue weighted by molar-refractivity contribution is 0.925. The van der Waals surface area contributed by atoms with Gasteiger partial charge in [0.25, 0.3) is 0 Å². The summed E-state index contributed by atoms with van der Waals surface area (Å²) in [6.07, 6.45) is 4.38. The Morgan fingerprint density at radius 2 is 2.28 bits per heavy atom. The van der Waals surface area contributed by atoms with E-state index >= 15 is 0 Å². The number of hydrogen-bond donors (Lipinski definition) is 1. The van der Waals surface area contributed by atoms with E-state index in [1.165, 1.54) is 11.3 Å². The molecule has 0 saturated heterocycles. The van der Waals surface area contributed by atoms with Gasteiger partial charge in [-0.1, -0.05) is 6.07 Å². The van der Waals surface area contributed by atoms with E-state index in [4.69, 9.17) is 0 Å². The number of nitrogens with zero attached hydrogens (tertiary/aromatic N) is 3. The molecular weight excluding hydrogens is 244 g/mol. The molecule has 0 amide bonds. The summed E-state index contributed by atoms with van der Waals surface area (Å²) < 4.78 is 0. The second kappa shape index (κ2) is 4.94. The van der Waals surface area contributed by atoms with Crippen LogP contribution in [-0.4, -0.2) is 22.0 Å². The summed E-state index contributed by atoms with van der Waals surface area (Å²) in [5, 5.41) is 3.17. The molecule has 0 atom stereocenters. The highest BCUT2D eigenvalue weighted by atomic mass is 32.2. The van der Waals surface area contributed by atoms with Gasteiger partial charge >= 0.3 is 0 Å². The first kappa shape index (κ1) is 11.5. The van der Waals surface area contributed by atoms with E-state index in [2.05, 4.69) is 26.3 Å². The van der Waals surface area contributed by atoms with Crippen molar-refractivity contribution < 1.29 is 0 Å². The van der Waals surface area contributed by atoms with E-state index in [-0.39, 0.29) is 0 Å². The summed E-state index contributed by atoms with van der Waals surface area (Å²) in [4.78, 5) is 13.4. The highest BCUT2D eigenvalue weighted by molar-refractivity contribution is 7.98. The van der Waals surface area contributed by atoms with Gasteiger partial charge in [-0.15, -0.1) is 0 Å². The van der Waals surface area contributed by atoms with Gasteiger partial charge in [0.2, 0.25) is 0 Å². The normalized spacial score (nSPS) is 13.4. The molecule has 0 fully saturated rings. The molecule has 1 aliphatic heterocycles. The number of rotatable bonds is 3. The van der Waals surface area contributed by atoms with Gasteiger partial charge in [-0.05, 0) is 11.6 Å². The second-order valence-electron chi connectivity index (χ2n) is 4.19. The molecule has 0 radical (unpaired) electrons. The van der Waals surface area contributed by atoms with E-state index in [1.807, 2.05) is 31.1 Å². The molecular formula is C13H14N4S. The highest BCUT2D eigenvalue weighted by Gasteiger charge is 2.19. The van der Waals surface area contributed by atoms with Crippen LogP contribution >= 0.6 is 11.8 Å². The molecule has 0 bridgehead atoms. The standard InChI is InChI=1S/C13H14N4S/c1-14-13-10-7-18-8-11(10)16-12(17-13)5-9-3-2-4-15-6-9/h2-4,6H,5,7-8H2,1H3,(H,14,16,17). The van der Waals surface area contributed by atoms with Crippen molar-refractivity contribution in [1.82, 2.24) is 15.0 Å². The minimum Gasteiger partial charge on any atom is -0.373 e. The summed E-state index contributed by atoms with van der Waals surface area (Å²) in [7, 11) is 1.92. The van der Waals surface area contributed by atoms with Gasteiger partial charge in [-0.3, -0.25) is 4.98 Å². The highest BCUT2D eigenvalue weighted by Crippen LogP contribution is 2.32. The van der Waals surface area contributed by atoms with Gasteiger partial charge in [-0.25, -0.2) is 9.97 Å². The number of aromatic nitrogens is 3. The number of fused-ring (bicyclic) bond motifs is 1. The maximum atomic E-state index is 4.66. The van der Waals surface area contributed by atoms with Gasteiger partial charge in [0.1, 0.15) is 11.6 Å². The molecule has 1 aliphatic rings. The lowest BCUT2D eigenvalue weighted by Gasteiger charge is -2.08. The van der Waals surface area contributed by atoms with Crippen LogP contribution in [0, 0.1) is 0 Å². The minimum atomic E-state index is 0.737. The number of nitrogens with one attached hydrogen (secondary N) is 1. The van der Waals surface area contributed by atoms with Crippen molar-refractivity contribution in [1.29, 1.82) is 0 Å². The summed E-state index contributed by atoms with van der Waals surface area (Å²) in [6, 6.07) is 3.99. The van der Waals surface area contributed by atoms with Crippen LogP contribution in [0.2, 0.25) is 0 Å². The SMILES string of the molecule is CNc1nc(Cc2cccnc2)nc2c1CSC2. The largest absolute Gasteiger partial charge is 0.373 e. The van der Waals surface area contributed by atoms with E-state index in [1.54, 1.807) is 6.20 Å². The average Bonchev–Trinajstić information content (AvgIpc) is 2.87. The van der Waals surface area contributed by atoms with E-state index in [0.717, 1.165) is 35.1 Å². The van der Waals surface area contributed by atoms with Gasteiger partial charge in [0.15, 0.2) is 0 Å². The summed E-state index contributed by atoms with van der Waals surface area (Å²) in [5.41, 5.74) is 3.58. The first-order valence-corrected chi connectivity index (χ1v) is 7.05. The molecule has 2 aromatic rings. The smallest absolute Gasteiger partial charge is 0.135 e. The maximum absolute atomic E-state index is 4.66. The zero-order chi connectivity index (χ0) is 12.4. The zero-order valence-corrected chi connectivity index (χ0v) is 11.0. The summed E-state index contributed by atoms with van der Waals surface area (Å²) in [6.45, 7) is 0. The summed E-state index contributed by atoms with van der Waals surface area (Å²) >= 11 is 1.89. The second-order valence-corrected chi connectivity index (χ2v) is 5.18. The molecule has 0 saturated carbocycles. The molecule has 0 aliphatic carbocycles. The zero-order valence-electron chi connectivity index (χ0n) is 10.2. The van der Waals surface area contributed by atoms with Crippen molar-refractivity contribution in [2.24, 2.45) is 0 Å². The van der Waals surface area contributed by atoms with Crippen LogP contribution < -0.4 is 5.32 Å². The van der Waals surface area contributed by atoms with Crippen molar-refractivity contribution in [3.63, 3.8) is 0 Å². The van der Waals surface area contributed by atoms with Gasteiger partial charge < -0.3 is 5.32 Å². The Morgan fingerprint density at radius 1 is 1.33 bits per heavy atom. The van der Waals surface area contributed by atoms with Crippen molar-refractivity contribution in [3.8, 4) is 0 Å². The predicted octanol–water partition coefficient (Wildman–Crippen LogP) is 2.25.